The van der Waals surface area contributed by atoms with E-state index in [-0.39, 0.29) is 25.0 Å². The van der Waals surface area contributed by atoms with Crippen molar-refractivity contribution in [2.24, 2.45) is 0 Å². The fourth-order valence-corrected chi connectivity index (χ4v) is 3.33. The molecule has 2 aromatic heterocycles. The Hall–Kier alpha value is -3.39. The lowest BCUT2D eigenvalue weighted by atomic mass is 10.2. The van der Waals surface area contributed by atoms with Crippen LogP contribution in [0.3, 0.4) is 0 Å². The lowest BCUT2D eigenvalue weighted by molar-refractivity contribution is 0.501. The number of hydrogen-bond donors (Lipinski definition) is 1. The van der Waals surface area contributed by atoms with E-state index in [1.807, 2.05) is 32.0 Å². The minimum atomic E-state index is -0.606. The quantitative estimate of drug-likeness (QED) is 0.485. The molecule has 0 spiro atoms. The first-order valence-corrected chi connectivity index (χ1v) is 10.4. The second-order valence-corrected chi connectivity index (χ2v) is 7.91. The summed E-state index contributed by atoms with van der Waals surface area (Å²) < 4.78 is 8.33. The van der Waals surface area contributed by atoms with Gasteiger partial charge in [-0.3, -0.25) is 4.57 Å². The van der Waals surface area contributed by atoms with Crippen molar-refractivity contribution in [1.29, 1.82) is 0 Å². The smallest absolute Gasteiger partial charge is 0.354 e. The number of hydrogen-bond acceptors (Lipinski definition) is 6. The lowest BCUT2D eigenvalue weighted by Gasteiger charge is -2.15. The van der Waals surface area contributed by atoms with Crippen molar-refractivity contribution in [3.63, 3.8) is 0 Å². The van der Waals surface area contributed by atoms with E-state index in [0.717, 1.165) is 15.6 Å². The van der Waals surface area contributed by atoms with Crippen molar-refractivity contribution in [2.45, 2.75) is 39.8 Å². The van der Waals surface area contributed by atoms with E-state index in [1.54, 1.807) is 31.2 Å². The van der Waals surface area contributed by atoms with Crippen LogP contribution in [0.5, 0.6) is 0 Å². The Morgan fingerprint density at radius 2 is 1.81 bits per heavy atom. The lowest BCUT2D eigenvalue weighted by Crippen LogP contribution is -2.42. The van der Waals surface area contributed by atoms with Gasteiger partial charge in [0, 0.05) is 29.2 Å². The van der Waals surface area contributed by atoms with Crippen molar-refractivity contribution < 1.29 is 4.42 Å². The summed E-state index contributed by atoms with van der Waals surface area (Å²) in [5.74, 6) is 0.963. The van der Waals surface area contributed by atoms with Crippen LogP contribution in [0.1, 0.15) is 38.1 Å². The van der Waals surface area contributed by atoms with E-state index in [2.05, 4.69) is 15.3 Å². The van der Waals surface area contributed by atoms with Crippen LogP contribution in [-0.4, -0.2) is 19.1 Å². The summed E-state index contributed by atoms with van der Waals surface area (Å²) in [6.07, 6.45) is 0. The van der Waals surface area contributed by atoms with E-state index in [4.69, 9.17) is 16.0 Å². The van der Waals surface area contributed by atoms with Gasteiger partial charge >= 0.3 is 11.4 Å². The predicted molar refractivity (Wildman–Crippen MR) is 120 cm³/mol. The highest BCUT2D eigenvalue weighted by Gasteiger charge is 2.15. The maximum atomic E-state index is 13.0. The van der Waals surface area contributed by atoms with E-state index in [0.29, 0.717) is 22.2 Å². The molecule has 0 aliphatic carbocycles. The summed E-state index contributed by atoms with van der Waals surface area (Å²) in [4.78, 5) is 33.9. The zero-order valence-corrected chi connectivity index (χ0v) is 18.2. The van der Waals surface area contributed by atoms with Gasteiger partial charge in [-0.05, 0) is 36.8 Å². The fourth-order valence-electron chi connectivity index (χ4n) is 3.21. The number of aromatic nitrogens is 4. The van der Waals surface area contributed by atoms with Crippen LogP contribution >= 0.6 is 11.6 Å². The molecule has 1 N–H and O–H groups in total. The standard InChI is InChI=1S/C22H22ClN5O3/c1-4-27-21(29)26-20(28(22(27)30)12-14-5-7-15(23)8-6-14)24-16-9-10-17-18(11-16)31-19(25-17)13(2)3/h5-11,13H,4,12H2,1-3H3,(H,24,26,29). The van der Waals surface area contributed by atoms with Gasteiger partial charge in [0.05, 0.1) is 6.54 Å². The third-order valence-corrected chi connectivity index (χ3v) is 5.13. The normalized spacial score (nSPS) is 11.4. The van der Waals surface area contributed by atoms with Gasteiger partial charge in [0.2, 0.25) is 5.95 Å². The Labute approximate surface area is 183 Å². The molecule has 4 aromatic rings. The van der Waals surface area contributed by atoms with Crippen LogP contribution in [-0.2, 0) is 13.1 Å². The molecule has 2 aromatic carbocycles. The van der Waals surface area contributed by atoms with Crippen LogP contribution in [0.2, 0.25) is 5.02 Å². The van der Waals surface area contributed by atoms with Crippen molar-refractivity contribution in [3.8, 4) is 0 Å². The van der Waals surface area contributed by atoms with Gasteiger partial charge in [0.1, 0.15) is 5.52 Å². The van der Waals surface area contributed by atoms with Gasteiger partial charge in [0.15, 0.2) is 11.5 Å². The first-order valence-electron chi connectivity index (χ1n) is 9.99. The van der Waals surface area contributed by atoms with Crippen LogP contribution in [0.25, 0.3) is 11.1 Å². The second kappa shape index (κ2) is 8.39. The number of benzene rings is 2. The molecule has 0 atom stereocenters. The molecular weight excluding hydrogens is 418 g/mol. The van der Waals surface area contributed by atoms with Crippen molar-refractivity contribution >= 4 is 34.3 Å². The molecule has 0 aliphatic rings. The molecular formula is C22H22ClN5O3. The van der Waals surface area contributed by atoms with Gasteiger partial charge in [0.25, 0.3) is 0 Å². The van der Waals surface area contributed by atoms with Gasteiger partial charge < -0.3 is 9.73 Å². The second-order valence-electron chi connectivity index (χ2n) is 7.47. The predicted octanol–water partition coefficient (Wildman–Crippen LogP) is 4.13. The molecule has 8 nitrogen and oxygen atoms in total. The SMILES string of the molecule is CCn1c(=O)nc(Nc2ccc3nc(C(C)C)oc3c2)n(Cc2ccc(Cl)cc2)c1=O. The Balaban J connectivity index is 1.76. The average Bonchev–Trinajstić information content (AvgIpc) is 3.16. The molecule has 160 valence electrons. The maximum Gasteiger partial charge on any atom is 0.354 e. The van der Waals surface area contributed by atoms with Crippen LogP contribution in [0, 0.1) is 0 Å². The molecule has 0 saturated carbocycles. The summed E-state index contributed by atoms with van der Waals surface area (Å²) in [5, 5.41) is 3.70. The molecule has 0 bridgehead atoms. The topological polar surface area (TPSA) is 94.9 Å². The van der Waals surface area contributed by atoms with Gasteiger partial charge in [-0.1, -0.05) is 37.6 Å². The highest BCUT2D eigenvalue weighted by Crippen LogP contribution is 2.25. The molecule has 0 aliphatic heterocycles. The molecule has 31 heavy (non-hydrogen) atoms. The van der Waals surface area contributed by atoms with E-state index in [1.165, 1.54) is 4.57 Å². The number of rotatable bonds is 6. The van der Waals surface area contributed by atoms with Gasteiger partial charge in [-0.2, -0.15) is 4.98 Å². The van der Waals surface area contributed by atoms with Gasteiger partial charge in [-0.15, -0.1) is 0 Å². The Bertz CT molecular complexity index is 1350. The van der Waals surface area contributed by atoms with E-state index >= 15 is 0 Å². The first kappa shape index (κ1) is 20.9. The molecule has 0 radical (unpaired) electrons. The Morgan fingerprint density at radius 3 is 2.48 bits per heavy atom. The zero-order chi connectivity index (χ0) is 22.1. The monoisotopic (exact) mass is 439 g/mol. The zero-order valence-electron chi connectivity index (χ0n) is 17.4. The fraction of sp³-hybridized carbons (Fsp3) is 0.273. The highest BCUT2D eigenvalue weighted by atomic mass is 35.5. The van der Waals surface area contributed by atoms with Crippen LogP contribution < -0.4 is 16.7 Å². The maximum absolute atomic E-state index is 13.0. The first-order chi connectivity index (χ1) is 14.9. The molecule has 2 heterocycles. The van der Waals surface area contributed by atoms with Gasteiger partial charge in [-0.25, -0.2) is 19.1 Å². The van der Waals surface area contributed by atoms with Crippen LogP contribution in [0.4, 0.5) is 11.6 Å². The Morgan fingerprint density at radius 1 is 1.06 bits per heavy atom. The van der Waals surface area contributed by atoms with E-state index in [9.17, 15) is 9.59 Å². The Kier molecular flexibility index (Phi) is 5.65. The minimum Gasteiger partial charge on any atom is -0.440 e. The number of nitrogens with one attached hydrogen (secondary N) is 1. The number of oxazole rings is 1. The van der Waals surface area contributed by atoms with Crippen LogP contribution in [0.15, 0.2) is 56.5 Å². The summed E-state index contributed by atoms with van der Waals surface area (Å²) in [5.41, 5.74) is 1.78. The molecule has 0 amide bonds. The summed E-state index contributed by atoms with van der Waals surface area (Å²) in [6, 6.07) is 12.6. The molecule has 4 rings (SSSR count). The number of fused-ring (bicyclic) bond motifs is 1. The molecule has 0 unspecified atom stereocenters. The minimum absolute atomic E-state index is 0.151. The highest BCUT2D eigenvalue weighted by molar-refractivity contribution is 6.30. The largest absolute Gasteiger partial charge is 0.440 e. The van der Waals surface area contributed by atoms with Crippen molar-refractivity contribution in [1.82, 2.24) is 19.1 Å². The third-order valence-electron chi connectivity index (χ3n) is 4.88. The molecule has 0 fully saturated rings. The molecule has 0 saturated heterocycles. The number of halogens is 1. The average molecular weight is 440 g/mol. The number of nitrogens with zero attached hydrogens (tertiary/aromatic N) is 4. The van der Waals surface area contributed by atoms with Crippen molar-refractivity contribution in [2.75, 3.05) is 5.32 Å². The molecule has 9 heteroatoms. The van der Waals surface area contributed by atoms with Crippen molar-refractivity contribution in [3.05, 3.63) is 79.9 Å². The summed E-state index contributed by atoms with van der Waals surface area (Å²) >= 11 is 5.97. The summed E-state index contributed by atoms with van der Waals surface area (Å²) in [7, 11) is 0. The number of anilines is 2. The summed E-state index contributed by atoms with van der Waals surface area (Å²) in [6.45, 7) is 6.20. The van der Waals surface area contributed by atoms with E-state index < -0.39 is 11.4 Å². The third kappa shape index (κ3) is 4.25.